The number of hydrogen-bond acceptors (Lipinski definition) is 2. The second-order valence-electron chi connectivity index (χ2n) is 3.19. The van der Waals surface area contributed by atoms with Crippen molar-refractivity contribution in [3.63, 3.8) is 0 Å². The van der Waals surface area contributed by atoms with Gasteiger partial charge in [-0.05, 0) is 12.0 Å². The van der Waals surface area contributed by atoms with Crippen molar-refractivity contribution in [2.24, 2.45) is 5.92 Å². The van der Waals surface area contributed by atoms with Crippen molar-refractivity contribution < 1.29 is 0 Å². The Kier molecular flexibility index (Phi) is 4.87. The monoisotopic (exact) mass is 164 g/mol. The molecule has 0 radical (unpaired) electrons. The maximum atomic E-state index is 8.67. The Morgan fingerprint density at radius 2 is 2.00 bits per heavy atom. The van der Waals surface area contributed by atoms with Gasteiger partial charge in [-0.25, -0.2) is 0 Å². The fourth-order valence-corrected chi connectivity index (χ4v) is 0.655. The summed E-state index contributed by atoms with van der Waals surface area (Å²) in [7, 11) is 3.72. The first-order valence-corrected chi connectivity index (χ1v) is 4.04. The Balaban J connectivity index is 4.24. The van der Waals surface area contributed by atoms with Crippen LogP contribution in [0.4, 0.5) is 0 Å². The molecule has 0 aliphatic heterocycles. The predicted molar refractivity (Wildman–Crippen MR) is 51.4 cm³/mol. The second-order valence-corrected chi connectivity index (χ2v) is 3.19. The molecule has 0 aliphatic rings. The third kappa shape index (κ3) is 4.56. The van der Waals surface area contributed by atoms with Gasteiger partial charge in [-0.15, -0.1) is 0 Å². The van der Waals surface area contributed by atoms with Crippen molar-refractivity contribution in [1.29, 1.82) is 5.26 Å². The summed E-state index contributed by atoms with van der Waals surface area (Å²) in [5.74, 6) is 0.531. The van der Waals surface area contributed by atoms with E-state index in [0.717, 1.165) is 0 Å². The molecule has 0 heterocycles. The summed E-state index contributed by atoms with van der Waals surface area (Å²) < 4.78 is 0. The summed E-state index contributed by atoms with van der Waals surface area (Å²) in [5, 5.41) is 8.67. The van der Waals surface area contributed by atoms with Gasteiger partial charge in [0.15, 0.2) is 0 Å². The van der Waals surface area contributed by atoms with Gasteiger partial charge in [0.25, 0.3) is 0 Å². The van der Waals surface area contributed by atoms with Gasteiger partial charge in [-0.3, -0.25) is 0 Å². The summed E-state index contributed by atoms with van der Waals surface area (Å²) in [6.07, 6.45) is 5.80. The summed E-state index contributed by atoms with van der Waals surface area (Å²) in [4.78, 5) is 1.80. The van der Waals surface area contributed by atoms with E-state index in [2.05, 4.69) is 26.0 Å². The molecule has 0 atom stereocenters. The van der Waals surface area contributed by atoms with E-state index in [4.69, 9.17) is 5.26 Å². The number of hydrogen-bond donors (Lipinski definition) is 0. The highest BCUT2D eigenvalue weighted by atomic mass is 15.1. The number of allylic oxidation sites excluding steroid dienone is 4. The minimum atomic E-state index is 0.531. The summed E-state index contributed by atoms with van der Waals surface area (Å²) in [6, 6.07) is 2.11. The van der Waals surface area contributed by atoms with Crippen molar-refractivity contribution in [1.82, 2.24) is 4.90 Å². The lowest BCUT2D eigenvalue weighted by Crippen LogP contribution is -2.08. The van der Waals surface area contributed by atoms with Crippen molar-refractivity contribution in [2.45, 2.75) is 13.8 Å². The highest BCUT2D eigenvalue weighted by molar-refractivity contribution is 5.23. The summed E-state index contributed by atoms with van der Waals surface area (Å²) in [6.45, 7) is 4.21. The van der Waals surface area contributed by atoms with Gasteiger partial charge in [0, 0.05) is 14.1 Å². The molecule has 0 amide bonds. The molecular formula is C10H16N2. The zero-order valence-corrected chi connectivity index (χ0v) is 8.20. The molecule has 0 spiro atoms. The van der Waals surface area contributed by atoms with Crippen LogP contribution in [0.1, 0.15) is 13.8 Å². The van der Waals surface area contributed by atoms with Crippen LogP contribution in [0.3, 0.4) is 0 Å². The van der Waals surface area contributed by atoms with Crippen LogP contribution in [-0.4, -0.2) is 19.0 Å². The van der Waals surface area contributed by atoms with E-state index in [1.807, 2.05) is 26.2 Å². The van der Waals surface area contributed by atoms with E-state index in [-0.39, 0.29) is 0 Å². The highest BCUT2D eigenvalue weighted by Gasteiger charge is 1.93. The predicted octanol–water partition coefficient (Wildman–Crippen LogP) is 2.17. The Morgan fingerprint density at radius 3 is 2.33 bits per heavy atom. The average molecular weight is 164 g/mol. The van der Waals surface area contributed by atoms with Gasteiger partial charge in [-0.2, -0.15) is 5.26 Å². The van der Waals surface area contributed by atoms with Crippen LogP contribution in [0.15, 0.2) is 23.9 Å². The molecular weight excluding hydrogens is 148 g/mol. The van der Waals surface area contributed by atoms with Gasteiger partial charge >= 0.3 is 0 Å². The first-order valence-electron chi connectivity index (χ1n) is 4.04. The van der Waals surface area contributed by atoms with Crippen molar-refractivity contribution in [3.8, 4) is 6.07 Å². The Labute approximate surface area is 74.8 Å². The highest BCUT2D eigenvalue weighted by Crippen LogP contribution is 1.99. The second kappa shape index (κ2) is 5.42. The first-order chi connectivity index (χ1) is 5.57. The molecule has 0 unspecified atom stereocenters. The van der Waals surface area contributed by atoms with Crippen LogP contribution in [0.5, 0.6) is 0 Å². The van der Waals surface area contributed by atoms with Gasteiger partial charge < -0.3 is 4.90 Å². The van der Waals surface area contributed by atoms with Gasteiger partial charge in [-0.1, -0.05) is 26.0 Å². The van der Waals surface area contributed by atoms with Crippen molar-refractivity contribution in [2.75, 3.05) is 14.1 Å². The van der Waals surface area contributed by atoms with E-state index in [1.54, 1.807) is 4.90 Å². The topological polar surface area (TPSA) is 27.0 Å². The van der Waals surface area contributed by atoms with Crippen molar-refractivity contribution in [3.05, 3.63) is 23.9 Å². The molecule has 2 nitrogen and oxygen atoms in total. The molecule has 0 N–H and O–H groups in total. The van der Waals surface area contributed by atoms with Gasteiger partial charge in [0.05, 0.1) is 0 Å². The van der Waals surface area contributed by atoms with Crippen molar-refractivity contribution >= 4 is 0 Å². The number of rotatable bonds is 3. The maximum Gasteiger partial charge on any atom is 0.117 e. The molecule has 0 aromatic heterocycles. The minimum Gasteiger partial charge on any atom is -0.369 e. The van der Waals surface area contributed by atoms with Crippen LogP contribution in [-0.2, 0) is 0 Å². The van der Waals surface area contributed by atoms with E-state index in [1.165, 1.54) is 0 Å². The maximum absolute atomic E-state index is 8.67. The summed E-state index contributed by atoms with van der Waals surface area (Å²) >= 11 is 0. The Hall–Kier alpha value is -1.23. The zero-order valence-electron chi connectivity index (χ0n) is 8.20. The van der Waals surface area contributed by atoms with Crippen LogP contribution < -0.4 is 0 Å². The molecule has 0 fully saturated rings. The fraction of sp³-hybridized carbons (Fsp3) is 0.500. The van der Waals surface area contributed by atoms with E-state index in [9.17, 15) is 0 Å². The van der Waals surface area contributed by atoms with Crippen LogP contribution in [0, 0.1) is 17.2 Å². The smallest absolute Gasteiger partial charge is 0.117 e. The molecule has 0 aliphatic carbocycles. The molecule has 0 aromatic carbocycles. The van der Waals surface area contributed by atoms with Gasteiger partial charge in [0.2, 0.25) is 0 Å². The lowest BCUT2D eigenvalue weighted by molar-refractivity contribution is 0.533. The average Bonchev–Trinajstić information content (AvgIpc) is 1.96. The molecule has 0 saturated carbocycles. The number of nitrogens with zero attached hydrogens (tertiary/aromatic N) is 2. The minimum absolute atomic E-state index is 0.531. The third-order valence-electron chi connectivity index (χ3n) is 1.35. The summed E-state index contributed by atoms with van der Waals surface area (Å²) in [5.41, 5.74) is 0.673. The molecule has 2 heteroatoms. The van der Waals surface area contributed by atoms with Crippen LogP contribution in [0.25, 0.3) is 0 Å². The molecule has 0 rings (SSSR count). The Morgan fingerprint density at radius 1 is 1.42 bits per heavy atom. The lowest BCUT2D eigenvalue weighted by Gasteiger charge is -2.08. The molecule has 0 bridgehead atoms. The fourth-order valence-electron chi connectivity index (χ4n) is 0.655. The van der Waals surface area contributed by atoms with Crippen LogP contribution in [0.2, 0.25) is 0 Å². The molecule has 0 aromatic rings. The third-order valence-corrected chi connectivity index (χ3v) is 1.35. The van der Waals surface area contributed by atoms with E-state index >= 15 is 0 Å². The van der Waals surface area contributed by atoms with Gasteiger partial charge in [0.1, 0.15) is 11.8 Å². The quantitative estimate of drug-likeness (QED) is 0.472. The Bertz CT molecular complexity index is 216. The van der Waals surface area contributed by atoms with E-state index < -0.39 is 0 Å². The molecule has 0 saturated heterocycles. The molecule has 66 valence electrons. The zero-order chi connectivity index (χ0) is 9.56. The van der Waals surface area contributed by atoms with Crippen LogP contribution >= 0.6 is 0 Å². The largest absolute Gasteiger partial charge is 0.369 e. The normalized spacial score (nSPS) is 12.2. The van der Waals surface area contributed by atoms with E-state index in [0.29, 0.717) is 11.6 Å². The standard InChI is InChI=1S/C10H16N2/c1-9(2)6-5-7-10(8-11)12(3)4/h5-7,9H,1-4H3/b6-5+,10-7+. The molecule has 12 heavy (non-hydrogen) atoms. The lowest BCUT2D eigenvalue weighted by atomic mass is 10.2. The first kappa shape index (κ1) is 10.8. The number of nitriles is 1. The SMILES string of the molecule is CC(C)/C=C/C=C(\C#N)N(C)C.